The van der Waals surface area contributed by atoms with Crippen molar-refractivity contribution in [1.82, 2.24) is 9.97 Å². The molecule has 0 amide bonds. The Morgan fingerprint density at radius 3 is 2.62 bits per heavy atom. The molecule has 0 aliphatic carbocycles. The second-order valence-corrected chi connectivity index (χ2v) is 4.91. The minimum Gasteiger partial charge on any atom is -0.465 e. The maximum atomic E-state index is 12.2. The summed E-state index contributed by atoms with van der Waals surface area (Å²) in [5, 5.41) is 0. The van der Waals surface area contributed by atoms with Gasteiger partial charge in [-0.25, -0.2) is 9.97 Å². The van der Waals surface area contributed by atoms with Crippen LogP contribution in [0.25, 0.3) is 11.4 Å². The number of nitrogens with zero attached hydrogens (tertiary/aromatic N) is 2. The van der Waals surface area contributed by atoms with Crippen molar-refractivity contribution in [1.29, 1.82) is 0 Å². The summed E-state index contributed by atoms with van der Waals surface area (Å²) in [7, 11) is 0. The van der Waals surface area contributed by atoms with E-state index in [4.69, 9.17) is 10.5 Å². The van der Waals surface area contributed by atoms with E-state index in [0.29, 0.717) is 12.4 Å². The van der Waals surface area contributed by atoms with Crippen molar-refractivity contribution in [2.75, 3.05) is 13.2 Å². The molecule has 0 saturated carbocycles. The molecule has 0 spiro atoms. The van der Waals surface area contributed by atoms with Crippen LogP contribution in [0.4, 0.5) is 0 Å². The predicted octanol–water partition coefficient (Wildman–Crippen LogP) is 1.92. The van der Waals surface area contributed by atoms with E-state index >= 15 is 0 Å². The molecule has 110 valence electrons. The Morgan fingerprint density at radius 2 is 2.00 bits per heavy atom. The molecule has 0 radical (unpaired) electrons. The molecule has 0 aliphatic rings. The van der Waals surface area contributed by atoms with Gasteiger partial charge in [-0.1, -0.05) is 18.2 Å². The number of rotatable bonds is 5. The number of carbonyl (C=O) groups excluding carboxylic acids is 1. The summed E-state index contributed by atoms with van der Waals surface area (Å²) < 4.78 is 5.15. The molecule has 0 bridgehead atoms. The Balaban J connectivity index is 2.42. The molecule has 2 N–H and O–H groups in total. The summed E-state index contributed by atoms with van der Waals surface area (Å²) in [4.78, 5) is 20.7. The first kappa shape index (κ1) is 15.1. The van der Waals surface area contributed by atoms with Gasteiger partial charge in [-0.3, -0.25) is 4.79 Å². The van der Waals surface area contributed by atoms with Crippen molar-refractivity contribution in [3.8, 4) is 11.4 Å². The topological polar surface area (TPSA) is 78.1 Å². The molecule has 0 fully saturated rings. The highest BCUT2D eigenvalue weighted by Gasteiger charge is 2.35. The van der Waals surface area contributed by atoms with Crippen LogP contribution < -0.4 is 5.73 Å². The van der Waals surface area contributed by atoms with Crippen LogP contribution in [0.5, 0.6) is 0 Å². The largest absolute Gasteiger partial charge is 0.465 e. The van der Waals surface area contributed by atoms with E-state index in [-0.39, 0.29) is 12.5 Å². The van der Waals surface area contributed by atoms with Crippen LogP contribution in [-0.2, 0) is 14.9 Å². The van der Waals surface area contributed by atoms with Gasteiger partial charge in [0.25, 0.3) is 0 Å². The first-order chi connectivity index (χ1) is 10.1. The highest BCUT2D eigenvalue weighted by Crippen LogP contribution is 2.27. The molecule has 21 heavy (non-hydrogen) atoms. The number of benzene rings is 1. The molecular weight excluding hydrogens is 266 g/mol. The predicted molar refractivity (Wildman–Crippen MR) is 80.5 cm³/mol. The first-order valence-electron chi connectivity index (χ1n) is 6.87. The Hall–Kier alpha value is -2.27. The molecule has 1 aromatic heterocycles. The van der Waals surface area contributed by atoms with Gasteiger partial charge in [0.2, 0.25) is 0 Å². The number of ether oxygens (including phenoxy) is 1. The van der Waals surface area contributed by atoms with E-state index < -0.39 is 5.41 Å². The van der Waals surface area contributed by atoms with E-state index in [0.717, 1.165) is 11.1 Å². The number of hydrogen-bond acceptors (Lipinski definition) is 5. The normalized spacial score (nSPS) is 13.5. The number of aromatic nitrogens is 2. The van der Waals surface area contributed by atoms with Gasteiger partial charge in [0.15, 0.2) is 5.82 Å². The Bertz CT molecular complexity index is 616. The summed E-state index contributed by atoms with van der Waals surface area (Å²) in [5.74, 6) is 0.293. The third-order valence-electron chi connectivity index (χ3n) is 3.46. The van der Waals surface area contributed by atoms with Gasteiger partial charge in [-0.05, 0) is 31.5 Å². The third-order valence-corrected chi connectivity index (χ3v) is 3.46. The minimum absolute atomic E-state index is 0.172. The van der Waals surface area contributed by atoms with E-state index in [9.17, 15) is 4.79 Å². The summed E-state index contributed by atoms with van der Waals surface area (Å²) in [6, 6.07) is 9.29. The lowest BCUT2D eigenvalue weighted by Gasteiger charge is -2.26. The molecule has 2 aromatic rings. The quantitative estimate of drug-likeness (QED) is 0.849. The zero-order valence-corrected chi connectivity index (χ0v) is 12.2. The van der Waals surface area contributed by atoms with Crippen LogP contribution >= 0.6 is 0 Å². The van der Waals surface area contributed by atoms with Crippen LogP contribution in [0.15, 0.2) is 42.7 Å². The summed E-state index contributed by atoms with van der Waals surface area (Å²) >= 11 is 0. The van der Waals surface area contributed by atoms with Crippen LogP contribution in [0.1, 0.15) is 19.4 Å². The van der Waals surface area contributed by atoms with Crippen molar-refractivity contribution in [2.24, 2.45) is 5.73 Å². The lowest BCUT2D eigenvalue weighted by molar-refractivity contribution is -0.149. The summed E-state index contributed by atoms with van der Waals surface area (Å²) in [6.07, 6.45) is 3.37. The lowest BCUT2D eigenvalue weighted by Crippen LogP contribution is -2.41. The Kier molecular flexibility index (Phi) is 4.65. The monoisotopic (exact) mass is 285 g/mol. The Labute approximate surface area is 124 Å². The fourth-order valence-corrected chi connectivity index (χ4v) is 2.06. The van der Waals surface area contributed by atoms with Crippen molar-refractivity contribution in [2.45, 2.75) is 19.3 Å². The van der Waals surface area contributed by atoms with Gasteiger partial charge < -0.3 is 10.5 Å². The van der Waals surface area contributed by atoms with Gasteiger partial charge in [-0.2, -0.15) is 0 Å². The highest BCUT2D eigenvalue weighted by molar-refractivity contribution is 5.83. The number of hydrogen-bond donors (Lipinski definition) is 1. The van der Waals surface area contributed by atoms with Gasteiger partial charge in [0.05, 0.1) is 6.61 Å². The zero-order valence-electron chi connectivity index (χ0n) is 12.2. The Morgan fingerprint density at radius 1 is 1.29 bits per heavy atom. The van der Waals surface area contributed by atoms with E-state index in [1.54, 1.807) is 32.3 Å². The molecule has 1 atom stereocenters. The maximum absolute atomic E-state index is 12.2. The molecular formula is C16H19N3O2. The van der Waals surface area contributed by atoms with Gasteiger partial charge >= 0.3 is 5.97 Å². The van der Waals surface area contributed by atoms with Gasteiger partial charge in [0, 0.05) is 24.5 Å². The first-order valence-corrected chi connectivity index (χ1v) is 6.87. The number of esters is 1. The van der Waals surface area contributed by atoms with Crippen LogP contribution in [0.3, 0.4) is 0 Å². The smallest absolute Gasteiger partial charge is 0.317 e. The summed E-state index contributed by atoms with van der Waals surface area (Å²) in [5.41, 5.74) is 6.60. The maximum Gasteiger partial charge on any atom is 0.317 e. The molecule has 2 rings (SSSR count). The third kappa shape index (κ3) is 3.08. The zero-order chi connectivity index (χ0) is 15.3. The second-order valence-electron chi connectivity index (χ2n) is 4.91. The minimum atomic E-state index is -0.874. The molecule has 1 unspecified atom stereocenters. The van der Waals surface area contributed by atoms with Gasteiger partial charge in [-0.15, -0.1) is 0 Å². The standard InChI is InChI=1S/C16H19N3O2/c1-3-21-15(20)16(2,11-17)13-7-4-6-12(10-13)14-18-8-5-9-19-14/h4-10H,3,11,17H2,1-2H3. The lowest BCUT2D eigenvalue weighted by atomic mass is 9.82. The van der Waals surface area contributed by atoms with Crippen molar-refractivity contribution < 1.29 is 9.53 Å². The summed E-state index contributed by atoms with van der Waals surface area (Å²) in [6.45, 7) is 4.07. The average Bonchev–Trinajstić information content (AvgIpc) is 2.55. The SMILES string of the molecule is CCOC(=O)C(C)(CN)c1cccc(-c2ncccn2)c1. The molecule has 0 aliphatic heterocycles. The molecule has 1 aromatic carbocycles. The average molecular weight is 285 g/mol. The number of carbonyl (C=O) groups is 1. The van der Waals surface area contributed by atoms with Crippen LogP contribution in [0.2, 0.25) is 0 Å². The fourth-order valence-electron chi connectivity index (χ4n) is 2.06. The van der Waals surface area contributed by atoms with E-state index in [1.165, 1.54) is 0 Å². The molecule has 5 nitrogen and oxygen atoms in total. The molecule has 1 heterocycles. The number of nitrogens with two attached hydrogens (primary N) is 1. The second kappa shape index (κ2) is 6.45. The molecule has 0 saturated heterocycles. The van der Waals surface area contributed by atoms with Crippen LogP contribution in [-0.4, -0.2) is 29.1 Å². The van der Waals surface area contributed by atoms with Crippen LogP contribution in [0, 0.1) is 0 Å². The fraction of sp³-hybridized carbons (Fsp3) is 0.312. The van der Waals surface area contributed by atoms with E-state index in [1.807, 2.05) is 24.3 Å². The van der Waals surface area contributed by atoms with Gasteiger partial charge in [0.1, 0.15) is 5.41 Å². The van der Waals surface area contributed by atoms with E-state index in [2.05, 4.69) is 9.97 Å². The highest BCUT2D eigenvalue weighted by atomic mass is 16.5. The van der Waals surface area contributed by atoms with Crippen molar-refractivity contribution in [3.63, 3.8) is 0 Å². The van der Waals surface area contributed by atoms with Crippen molar-refractivity contribution >= 4 is 5.97 Å². The van der Waals surface area contributed by atoms with Crippen molar-refractivity contribution in [3.05, 3.63) is 48.3 Å². The molecule has 5 heteroatoms.